The first-order valence-electron chi connectivity index (χ1n) is 8.07. The van der Waals surface area contributed by atoms with Gasteiger partial charge in [0.2, 0.25) is 5.16 Å². The van der Waals surface area contributed by atoms with Gasteiger partial charge in [-0.3, -0.25) is 9.89 Å². The second-order valence-electron chi connectivity index (χ2n) is 5.85. The molecular formula is C19H15ClN4OS. The van der Waals surface area contributed by atoms with Crippen LogP contribution in [0.4, 0.5) is 0 Å². The first-order valence-corrected chi connectivity index (χ1v) is 9.33. The van der Waals surface area contributed by atoms with Crippen LogP contribution in [-0.2, 0) is 0 Å². The van der Waals surface area contributed by atoms with Gasteiger partial charge in [-0.2, -0.15) is 0 Å². The van der Waals surface area contributed by atoms with Crippen LogP contribution in [0.5, 0.6) is 0 Å². The van der Waals surface area contributed by atoms with Gasteiger partial charge in [0.25, 0.3) is 0 Å². The molecular weight excluding hydrogens is 368 g/mol. The Labute approximate surface area is 159 Å². The topological polar surface area (TPSA) is 74.4 Å². The van der Waals surface area contributed by atoms with Crippen molar-refractivity contribution in [1.82, 2.24) is 20.2 Å². The zero-order chi connectivity index (χ0) is 18.1. The van der Waals surface area contributed by atoms with E-state index in [2.05, 4.69) is 20.2 Å². The second-order valence-corrected chi connectivity index (χ2v) is 7.59. The third-order valence-electron chi connectivity index (χ3n) is 4.09. The molecule has 1 unspecified atom stereocenters. The van der Waals surface area contributed by atoms with Crippen molar-refractivity contribution in [1.29, 1.82) is 0 Å². The number of rotatable bonds is 5. The molecule has 0 aliphatic carbocycles. The van der Waals surface area contributed by atoms with E-state index in [1.807, 2.05) is 43.3 Å². The number of hydrogen-bond donors (Lipinski definition) is 2. The van der Waals surface area contributed by atoms with Crippen LogP contribution < -0.4 is 0 Å². The molecule has 0 fully saturated rings. The first-order chi connectivity index (χ1) is 12.6. The number of aromatic amines is 2. The van der Waals surface area contributed by atoms with Gasteiger partial charge in [0, 0.05) is 33.2 Å². The number of fused-ring (bicyclic) bond motifs is 1. The number of aromatic nitrogens is 4. The quantitative estimate of drug-likeness (QED) is 0.377. The lowest BCUT2D eigenvalue weighted by atomic mass is 10.1. The highest BCUT2D eigenvalue weighted by molar-refractivity contribution is 8.00. The summed E-state index contributed by atoms with van der Waals surface area (Å²) in [7, 11) is 0. The Balaban J connectivity index is 1.52. The third kappa shape index (κ3) is 3.25. The molecule has 1 atom stereocenters. The molecule has 7 heteroatoms. The van der Waals surface area contributed by atoms with Crippen LogP contribution in [0.2, 0.25) is 5.02 Å². The maximum absolute atomic E-state index is 12.8. The number of benzene rings is 2. The standard InChI is InChI=1S/C19H15ClN4OS/c1-11(17(25)15-10-21-16-5-3-2-4-14(15)16)26-19-22-18(23-24-19)12-6-8-13(20)9-7-12/h2-11,21H,1H3,(H,22,23,24). The zero-order valence-electron chi connectivity index (χ0n) is 13.9. The highest BCUT2D eigenvalue weighted by atomic mass is 35.5. The van der Waals surface area contributed by atoms with Crippen LogP contribution in [0, 0.1) is 0 Å². The van der Waals surface area contributed by atoms with Crippen LogP contribution in [0.25, 0.3) is 22.3 Å². The molecule has 26 heavy (non-hydrogen) atoms. The van der Waals surface area contributed by atoms with E-state index in [4.69, 9.17) is 11.6 Å². The number of Topliss-reactive ketones (excluding diaryl/α,β-unsaturated/α-hetero) is 1. The zero-order valence-corrected chi connectivity index (χ0v) is 15.4. The van der Waals surface area contributed by atoms with E-state index in [0.717, 1.165) is 16.5 Å². The summed E-state index contributed by atoms with van der Waals surface area (Å²) < 4.78 is 0. The molecule has 2 heterocycles. The minimum absolute atomic E-state index is 0.0466. The van der Waals surface area contributed by atoms with Gasteiger partial charge in [0.1, 0.15) is 0 Å². The molecule has 0 amide bonds. The molecule has 0 aliphatic rings. The number of H-pyrrole nitrogens is 2. The molecule has 0 aliphatic heterocycles. The number of ketones is 1. The maximum Gasteiger partial charge on any atom is 0.209 e. The predicted octanol–water partition coefficient (Wildman–Crippen LogP) is 4.97. The van der Waals surface area contributed by atoms with E-state index in [0.29, 0.717) is 21.6 Å². The van der Waals surface area contributed by atoms with Crippen molar-refractivity contribution in [3.05, 3.63) is 65.3 Å². The molecule has 0 saturated heterocycles. The average Bonchev–Trinajstić information content (AvgIpc) is 3.29. The normalized spacial score (nSPS) is 12.4. The summed E-state index contributed by atoms with van der Waals surface area (Å²) in [5.41, 5.74) is 2.54. The summed E-state index contributed by atoms with van der Waals surface area (Å²) in [5.74, 6) is 0.696. The van der Waals surface area contributed by atoms with Crippen LogP contribution >= 0.6 is 23.4 Å². The van der Waals surface area contributed by atoms with Gasteiger partial charge in [0.15, 0.2) is 11.6 Å². The Hall–Kier alpha value is -2.57. The van der Waals surface area contributed by atoms with Crippen molar-refractivity contribution in [3.63, 3.8) is 0 Å². The molecule has 2 aromatic heterocycles. The highest BCUT2D eigenvalue weighted by Crippen LogP contribution is 2.27. The number of nitrogens with one attached hydrogen (secondary N) is 2. The molecule has 5 nitrogen and oxygen atoms in total. The first kappa shape index (κ1) is 16.9. The van der Waals surface area contributed by atoms with Gasteiger partial charge in [-0.05, 0) is 37.3 Å². The Kier molecular flexibility index (Phi) is 4.53. The second kappa shape index (κ2) is 6.97. The van der Waals surface area contributed by atoms with Crippen molar-refractivity contribution in [2.75, 3.05) is 0 Å². The summed E-state index contributed by atoms with van der Waals surface area (Å²) in [5, 5.41) is 8.96. The number of halogens is 1. The molecule has 0 radical (unpaired) electrons. The predicted molar refractivity (Wildman–Crippen MR) is 105 cm³/mol. The fraction of sp³-hybridized carbons (Fsp3) is 0.105. The van der Waals surface area contributed by atoms with Crippen LogP contribution in [0.15, 0.2) is 59.9 Å². The third-order valence-corrected chi connectivity index (χ3v) is 5.30. The summed E-state index contributed by atoms with van der Waals surface area (Å²) in [4.78, 5) is 20.4. The number of nitrogens with zero attached hydrogens (tertiary/aromatic N) is 2. The van der Waals surface area contributed by atoms with E-state index in [-0.39, 0.29) is 11.0 Å². The molecule has 2 N–H and O–H groups in total. The van der Waals surface area contributed by atoms with Gasteiger partial charge in [-0.25, -0.2) is 4.98 Å². The van der Waals surface area contributed by atoms with E-state index in [1.54, 1.807) is 18.3 Å². The SMILES string of the molecule is CC(Sc1n[nH]c(-c2ccc(Cl)cc2)n1)C(=O)c1c[nH]c2ccccc12. The Morgan fingerprint density at radius 1 is 1.15 bits per heavy atom. The Morgan fingerprint density at radius 3 is 2.73 bits per heavy atom. The monoisotopic (exact) mass is 382 g/mol. The minimum atomic E-state index is -0.303. The lowest BCUT2D eigenvalue weighted by Crippen LogP contribution is -2.13. The molecule has 0 bridgehead atoms. The van der Waals surface area contributed by atoms with E-state index >= 15 is 0 Å². The van der Waals surface area contributed by atoms with Crippen LogP contribution in [0.3, 0.4) is 0 Å². The number of thioether (sulfide) groups is 1. The molecule has 4 rings (SSSR count). The van der Waals surface area contributed by atoms with Gasteiger partial charge in [-0.15, -0.1) is 5.10 Å². The molecule has 2 aromatic carbocycles. The molecule has 130 valence electrons. The average molecular weight is 383 g/mol. The van der Waals surface area contributed by atoms with Crippen molar-refractivity contribution in [3.8, 4) is 11.4 Å². The van der Waals surface area contributed by atoms with E-state index < -0.39 is 0 Å². The Bertz CT molecular complexity index is 1070. The van der Waals surface area contributed by atoms with E-state index in [9.17, 15) is 4.79 Å². The molecule has 0 saturated carbocycles. The van der Waals surface area contributed by atoms with Gasteiger partial charge in [-0.1, -0.05) is 41.6 Å². The fourth-order valence-corrected chi connectivity index (χ4v) is 3.66. The number of carbonyl (C=O) groups is 1. The Morgan fingerprint density at radius 2 is 1.92 bits per heavy atom. The summed E-state index contributed by atoms with van der Waals surface area (Å²) in [6.07, 6.45) is 1.77. The minimum Gasteiger partial charge on any atom is -0.360 e. The number of carbonyl (C=O) groups excluding carboxylic acids is 1. The van der Waals surface area contributed by atoms with Crippen LogP contribution in [-0.4, -0.2) is 31.2 Å². The van der Waals surface area contributed by atoms with Gasteiger partial charge < -0.3 is 4.98 Å². The van der Waals surface area contributed by atoms with Gasteiger partial charge in [0.05, 0.1) is 5.25 Å². The summed E-state index contributed by atoms with van der Waals surface area (Å²) in [6, 6.07) is 15.1. The number of hydrogen-bond acceptors (Lipinski definition) is 4. The summed E-state index contributed by atoms with van der Waals surface area (Å²) in [6.45, 7) is 1.87. The van der Waals surface area contributed by atoms with E-state index in [1.165, 1.54) is 11.8 Å². The lowest BCUT2D eigenvalue weighted by Gasteiger charge is -2.06. The lowest BCUT2D eigenvalue weighted by molar-refractivity contribution is 0.0995. The van der Waals surface area contributed by atoms with Crippen molar-refractivity contribution in [2.24, 2.45) is 0 Å². The smallest absolute Gasteiger partial charge is 0.209 e. The van der Waals surface area contributed by atoms with Gasteiger partial charge >= 0.3 is 0 Å². The van der Waals surface area contributed by atoms with Crippen molar-refractivity contribution in [2.45, 2.75) is 17.3 Å². The fourth-order valence-electron chi connectivity index (χ4n) is 2.74. The van der Waals surface area contributed by atoms with Crippen molar-refractivity contribution >= 4 is 40.0 Å². The highest BCUT2D eigenvalue weighted by Gasteiger charge is 2.21. The maximum atomic E-state index is 12.8. The molecule has 4 aromatic rings. The molecule has 0 spiro atoms. The summed E-state index contributed by atoms with van der Waals surface area (Å²) >= 11 is 7.24. The largest absolute Gasteiger partial charge is 0.360 e. The number of para-hydroxylation sites is 1. The van der Waals surface area contributed by atoms with Crippen molar-refractivity contribution < 1.29 is 4.79 Å². The van der Waals surface area contributed by atoms with Crippen LogP contribution in [0.1, 0.15) is 17.3 Å².